The number of benzene rings is 1. The summed E-state index contributed by atoms with van der Waals surface area (Å²) in [5.41, 5.74) is -0.125. The van der Waals surface area contributed by atoms with Gasteiger partial charge in [-0.3, -0.25) is 4.79 Å². The van der Waals surface area contributed by atoms with Crippen LogP contribution in [-0.2, 0) is 4.74 Å². The summed E-state index contributed by atoms with van der Waals surface area (Å²) in [6, 6.07) is 0.967. The van der Waals surface area contributed by atoms with E-state index in [1.54, 1.807) is 0 Å². The van der Waals surface area contributed by atoms with Gasteiger partial charge in [0.2, 0.25) is 0 Å². The van der Waals surface area contributed by atoms with E-state index in [4.69, 9.17) is 16.3 Å². The van der Waals surface area contributed by atoms with Crippen LogP contribution in [-0.4, -0.2) is 25.2 Å². The Morgan fingerprint density at radius 3 is 2.95 bits per heavy atom. The number of carbonyl (C=O) groups excluding carboxylic acids is 1. The minimum atomic E-state index is -1.22. The summed E-state index contributed by atoms with van der Waals surface area (Å²) in [5.74, 6) is -3.02. The lowest BCUT2D eigenvalue weighted by atomic mass is 10.1. The van der Waals surface area contributed by atoms with Gasteiger partial charge in [-0.15, -0.1) is 0 Å². The number of ether oxygens (including phenoxy) is 1. The van der Waals surface area contributed by atoms with Crippen molar-refractivity contribution in [2.45, 2.75) is 25.9 Å². The van der Waals surface area contributed by atoms with Gasteiger partial charge < -0.3 is 10.1 Å². The molecule has 2 rings (SSSR count). The van der Waals surface area contributed by atoms with Crippen LogP contribution in [0.2, 0.25) is 5.02 Å². The van der Waals surface area contributed by atoms with E-state index in [1.807, 2.05) is 0 Å². The van der Waals surface area contributed by atoms with Crippen molar-refractivity contribution >= 4 is 17.5 Å². The van der Waals surface area contributed by atoms with Gasteiger partial charge in [-0.05, 0) is 31.4 Å². The van der Waals surface area contributed by atoms with Gasteiger partial charge >= 0.3 is 0 Å². The highest BCUT2D eigenvalue weighted by atomic mass is 35.5. The lowest BCUT2D eigenvalue weighted by Crippen LogP contribution is -2.32. The minimum Gasteiger partial charge on any atom is -0.376 e. The van der Waals surface area contributed by atoms with Gasteiger partial charge in [-0.25, -0.2) is 8.78 Å². The number of amides is 1. The maximum Gasteiger partial charge on any atom is 0.255 e. The number of rotatable bonds is 3. The molecule has 1 aliphatic rings. The molecule has 1 aliphatic heterocycles. The summed E-state index contributed by atoms with van der Waals surface area (Å²) < 4.78 is 32.3. The molecule has 1 N–H and O–H groups in total. The lowest BCUT2D eigenvalue weighted by molar-refractivity contribution is 0.0853. The predicted molar refractivity (Wildman–Crippen MR) is 67.4 cm³/mol. The van der Waals surface area contributed by atoms with Crippen molar-refractivity contribution in [2.75, 3.05) is 13.2 Å². The third-order valence-corrected chi connectivity index (χ3v) is 3.57. The Balaban J connectivity index is 2.14. The van der Waals surface area contributed by atoms with Crippen LogP contribution in [0.5, 0.6) is 0 Å². The molecule has 0 radical (unpaired) electrons. The molecule has 1 fully saturated rings. The molecule has 1 saturated heterocycles. The normalized spacial score (nSPS) is 18.6. The molecule has 19 heavy (non-hydrogen) atoms. The van der Waals surface area contributed by atoms with Crippen molar-refractivity contribution in [1.29, 1.82) is 0 Å². The van der Waals surface area contributed by atoms with Crippen LogP contribution in [0.3, 0.4) is 0 Å². The molecule has 0 saturated carbocycles. The van der Waals surface area contributed by atoms with E-state index in [9.17, 15) is 13.6 Å². The Bertz CT molecular complexity index is 476. The first-order chi connectivity index (χ1) is 9.00. The van der Waals surface area contributed by atoms with E-state index in [-0.39, 0.29) is 17.7 Å². The molecule has 104 valence electrons. The average molecular weight is 290 g/mol. The molecule has 1 aromatic carbocycles. The van der Waals surface area contributed by atoms with Gasteiger partial charge in [0.15, 0.2) is 11.6 Å². The van der Waals surface area contributed by atoms with Gasteiger partial charge in [0.05, 0.1) is 16.7 Å². The lowest BCUT2D eigenvalue weighted by Gasteiger charge is -2.13. The van der Waals surface area contributed by atoms with Gasteiger partial charge in [-0.1, -0.05) is 11.6 Å². The average Bonchev–Trinajstić information content (AvgIpc) is 2.87. The first kappa shape index (κ1) is 14.2. The molecular formula is C13H14ClF2NO2. The molecule has 0 spiro atoms. The summed E-state index contributed by atoms with van der Waals surface area (Å²) in [5, 5.41) is 2.46. The fourth-order valence-electron chi connectivity index (χ4n) is 2.03. The molecule has 0 unspecified atom stereocenters. The highest BCUT2D eigenvalue weighted by Crippen LogP contribution is 2.25. The molecule has 0 bridgehead atoms. The summed E-state index contributed by atoms with van der Waals surface area (Å²) in [7, 11) is 0. The Kier molecular flexibility index (Phi) is 4.37. The number of hydrogen-bond acceptors (Lipinski definition) is 2. The van der Waals surface area contributed by atoms with E-state index in [2.05, 4.69) is 5.32 Å². The first-order valence-corrected chi connectivity index (χ1v) is 6.42. The van der Waals surface area contributed by atoms with Gasteiger partial charge in [0.1, 0.15) is 0 Å². The summed E-state index contributed by atoms with van der Waals surface area (Å²) in [6.07, 6.45) is 1.72. The number of nitrogens with one attached hydrogen (secondary N) is 1. The van der Waals surface area contributed by atoms with Crippen molar-refractivity contribution in [1.82, 2.24) is 5.32 Å². The second kappa shape index (κ2) is 5.84. The molecular weight excluding hydrogens is 276 g/mol. The topological polar surface area (TPSA) is 38.3 Å². The van der Waals surface area contributed by atoms with Crippen LogP contribution in [0, 0.1) is 18.6 Å². The largest absolute Gasteiger partial charge is 0.376 e. The second-order valence-electron chi connectivity index (χ2n) is 4.52. The molecule has 3 nitrogen and oxygen atoms in total. The van der Waals surface area contributed by atoms with Crippen molar-refractivity contribution in [2.24, 2.45) is 0 Å². The van der Waals surface area contributed by atoms with Gasteiger partial charge in [-0.2, -0.15) is 0 Å². The number of hydrogen-bond donors (Lipinski definition) is 1. The second-order valence-corrected chi connectivity index (χ2v) is 4.90. The van der Waals surface area contributed by atoms with E-state index in [0.717, 1.165) is 18.9 Å². The number of halogens is 3. The Labute approximate surface area is 114 Å². The zero-order valence-corrected chi connectivity index (χ0v) is 11.2. The zero-order valence-electron chi connectivity index (χ0n) is 10.4. The van der Waals surface area contributed by atoms with Crippen LogP contribution < -0.4 is 5.32 Å². The Morgan fingerprint density at radius 2 is 2.32 bits per heavy atom. The SMILES string of the molecule is Cc1cc(F)c(F)c(C(=O)NC[C@H]2CCCO2)c1Cl. The molecule has 1 aromatic rings. The number of carbonyl (C=O) groups is 1. The smallest absolute Gasteiger partial charge is 0.255 e. The molecule has 6 heteroatoms. The van der Waals surface area contributed by atoms with E-state index in [0.29, 0.717) is 12.2 Å². The summed E-state index contributed by atoms with van der Waals surface area (Å²) in [4.78, 5) is 11.9. The maximum atomic E-state index is 13.6. The zero-order chi connectivity index (χ0) is 14.0. The molecule has 0 aromatic heterocycles. The molecule has 0 aliphatic carbocycles. The Morgan fingerprint density at radius 1 is 1.58 bits per heavy atom. The van der Waals surface area contributed by atoms with Crippen LogP contribution in [0.15, 0.2) is 6.07 Å². The minimum absolute atomic E-state index is 0.0660. The summed E-state index contributed by atoms with van der Waals surface area (Å²) in [6.45, 7) is 2.45. The quantitative estimate of drug-likeness (QED) is 0.869. The highest BCUT2D eigenvalue weighted by Gasteiger charge is 2.23. The maximum absolute atomic E-state index is 13.6. The fourth-order valence-corrected chi connectivity index (χ4v) is 2.25. The first-order valence-electron chi connectivity index (χ1n) is 6.04. The van der Waals surface area contributed by atoms with Crippen molar-refractivity contribution < 1.29 is 18.3 Å². The van der Waals surface area contributed by atoms with Crippen LogP contribution in [0.25, 0.3) is 0 Å². The third kappa shape index (κ3) is 3.04. The van der Waals surface area contributed by atoms with Crippen LogP contribution in [0.1, 0.15) is 28.8 Å². The van der Waals surface area contributed by atoms with Gasteiger partial charge in [0, 0.05) is 13.2 Å². The Hall–Kier alpha value is -1.20. The summed E-state index contributed by atoms with van der Waals surface area (Å²) >= 11 is 5.86. The molecule has 1 atom stereocenters. The van der Waals surface area contributed by atoms with Crippen molar-refractivity contribution in [3.05, 3.63) is 33.9 Å². The van der Waals surface area contributed by atoms with E-state index in [1.165, 1.54) is 6.92 Å². The fraction of sp³-hybridized carbons (Fsp3) is 0.462. The van der Waals surface area contributed by atoms with Gasteiger partial charge in [0.25, 0.3) is 5.91 Å². The van der Waals surface area contributed by atoms with E-state index < -0.39 is 23.1 Å². The number of aryl methyl sites for hydroxylation is 1. The highest BCUT2D eigenvalue weighted by molar-refractivity contribution is 6.34. The predicted octanol–water partition coefficient (Wildman–Crippen LogP) is 2.84. The molecule has 1 heterocycles. The van der Waals surface area contributed by atoms with Crippen LogP contribution in [0.4, 0.5) is 8.78 Å². The standard InChI is InChI=1S/C13H14ClF2NO2/c1-7-5-9(15)12(16)10(11(7)14)13(18)17-6-8-3-2-4-19-8/h5,8H,2-4,6H2,1H3,(H,17,18)/t8-/m1/s1. The van der Waals surface area contributed by atoms with Crippen LogP contribution >= 0.6 is 11.6 Å². The van der Waals surface area contributed by atoms with Crippen molar-refractivity contribution in [3.8, 4) is 0 Å². The third-order valence-electron chi connectivity index (χ3n) is 3.08. The van der Waals surface area contributed by atoms with Crippen molar-refractivity contribution in [3.63, 3.8) is 0 Å². The van der Waals surface area contributed by atoms with E-state index >= 15 is 0 Å². The molecule has 1 amide bonds. The monoisotopic (exact) mass is 289 g/mol.